The number of anilines is 5. The first-order valence-electron chi connectivity index (χ1n) is 8.89. The van der Waals surface area contributed by atoms with Crippen LogP contribution in [0, 0.1) is 0 Å². The van der Waals surface area contributed by atoms with E-state index in [9.17, 15) is 4.79 Å². The largest absolute Gasteiger partial charge is 0.339 e. The minimum atomic E-state index is -0.0952. The summed E-state index contributed by atoms with van der Waals surface area (Å²) in [7, 11) is 0. The molecule has 1 aliphatic heterocycles. The first-order valence-corrected chi connectivity index (χ1v) is 8.89. The molecule has 27 heavy (non-hydrogen) atoms. The van der Waals surface area contributed by atoms with E-state index in [1.54, 1.807) is 6.20 Å². The van der Waals surface area contributed by atoms with Gasteiger partial charge in [-0.3, -0.25) is 4.79 Å². The van der Waals surface area contributed by atoms with E-state index in [0.717, 1.165) is 36.4 Å². The highest BCUT2D eigenvalue weighted by Gasteiger charge is 2.20. The molecule has 0 fully saturated rings. The van der Waals surface area contributed by atoms with E-state index in [-0.39, 0.29) is 5.91 Å². The lowest BCUT2D eigenvalue weighted by Crippen LogP contribution is -2.26. The number of nitrogens with zero attached hydrogens (tertiary/aromatic N) is 4. The molecule has 0 saturated heterocycles. The number of carbonyl (C=O) groups excluding carboxylic acids is 1. The van der Waals surface area contributed by atoms with E-state index in [1.165, 1.54) is 12.5 Å². The Kier molecular flexibility index (Phi) is 4.65. The maximum absolute atomic E-state index is 11.1. The molecule has 1 aromatic heterocycles. The Morgan fingerprint density at radius 2 is 1.85 bits per heavy atom. The van der Waals surface area contributed by atoms with Gasteiger partial charge in [0.05, 0.1) is 6.20 Å². The number of hydrogen-bond acceptors (Lipinski definition) is 6. The Bertz CT molecular complexity index is 957. The second-order valence-corrected chi connectivity index (χ2v) is 6.41. The number of rotatable bonds is 4. The second kappa shape index (κ2) is 7.41. The van der Waals surface area contributed by atoms with Gasteiger partial charge >= 0.3 is 0 Å². The van der Waals surface area contributed by atoms with Crippen LogP contribution in [-0.4, -0.2) is 27.6 Å². The summed E-state index contributed by atoms with van der Waals surface area (Å²) in [4.78, 5) is 17.8. The monoisotopic (exact) mass is 360 g/mol. The average molecular weight is 360 g/mol. The summed E-state index contributed by atoms with van der Waals surface area (Å²) in [6, 6.07) is 15.8. The molecule has 2 heterocycles. The van der Waals surface area contributed by atoms with Gasteiger partial charge in [-0.2, -0.15) is 10.1 Å². The van der Waals surface area contributed by atoms with Gasteiger partial charge in [0, 0.05) is 30.5 Å². The molecule has 4 rings (SSSR count). The zero-order valence-corrected chi connectivity index (χ0v) is 15.0. The molecule has 7 heteroatoms. The van der Waals surface area contributed by atoms with Crippen molar-refractivity contribution in [1.29, 1.82) is 0 Å². The summed E-state index contributed by atoms with van der Waals surface area (Å²) < 4.78 is 0. The molecule has 2 aromatic carbocycles. The first-order chi connectivity index (χ1) is 13.2. The van der Waals surface area contributed by atoms with Crippen LogP contribution in [0.15, 0.2) is 54.7 Å². The van der Waals surface area contributed by atoms with Crippen LogP contribution >= 0.6 is 0 Å². The van der Waals surface area contributed by atoms with E-state index >= 15 is 0 Å². The quantitative estimate of drug-likeness (QED) is 0.739. The lowest BCUT2D eigenvalue weighted by molar-refractivity contribution is -0.114. The normalized spacial score (nSPS) is 13.0. The Labute approximate surface area is 157 Å². The molecule has 136 valence electrons. The minimum absolute atomic E-state index is 0.0952. The number of nitrogens with one attached hydrogen (secondary N) is 2. The fourth-order valence-corrected chi connectivity index (χ4v) is 3.20. The van der Waals surface area contributed by atoms with Crippen LogP contribution in [0.5, 0.6) is 0 Å². The van der Waals surface area contributed by atoms with Crippen LogP contribution in [0.2, 0.25) is 0 Å². The Hall–Kier alpha value is -3.48. The van der Waals surface area contributed by atoms with Gasteiger partial charge in [-0.25, -0.2) is 0 Å². The number of carbonyl (C=O) groups is 1. The number of aromatic nitrogens is 3. The van der Waals surface area contributed by atoms with Gasteiger partial charge in [0.25, 0.3) is 5.95 Å². The SMILES string of the molecule is CC(=O)Nc1ccc(Nc2cnnc(N3CCCc4ccccc43)n2)cc1. The second-order valence-electron chi connectivity index (χ2n) is 6.41. The maximum atomic E-state index is 11.1. The van der Waals surface area contributed by atoms with Crippen LogP contribution < -0.4 is 15.5 Å². The summed E-state index contributed by atoms with van der Waals surface area (Å²) in [6.45, 7) is 2.35. The number of fused-ring (bicyclic) bond motifs is 1. The predicted molar refractivity (Wildman–Crippen MR) is 106 cm³/mol. The molecular weight excluding hydrogens is 340 g/mol. The molecule has 0 unspecified atom stereocenters. The highest BCUT2D eigenvalue weighted by molar-refractivity contribution is 5.88. The van der Waals surface area contributed by atoms with Gasteiger partial charge in [-0.1, -0.05) is 18.2 Å². The van der Waals surface area contributed by atoms with Crippen molar-refractivity contribution in [3.05, 3.63) is 60.3 Å². The summed E-state index contributed by atoms with van der Waals surface area (Å²) in [6.07, 6.45) is 3.72. The molecule has 0 spiro atoms. The molecule has 0 saturated carbocycles. The van der Waals surface area contributed by atoms with Crippen molar-refractivity contribution in [2.75, 3.05) is 22.1 Å². The van der Waals surface area contributed by atoms with E-state index in [2.05, 4.69) is 48.9 Å². The van der Waals surface area contributed by atoms with Gasteiger partial charge in [-0.05, 0) is 48.7 Å². The zero-order valence-electron chi connectivity index (χ0n) is 15.0. The average Bonchev–Trinajstić information content (AvgIpc) is 2.69. The molecule has 3 aromatic rings. The predicted octanol–water partition coefficient (Wildman–Crippen LogP) is 3.66. The molecule has 1 aliphatic rings. The van der Waals surface area contributed by atoms with Crippen LogP contribution in [0.25, 0.3) is 0 Å². The zero-order chi connectivity index (χ0) is 18.6. The molecule has 0 atom stereocenters. The van der Waals surface area contributed by atoms with Crippen molar-refractivity contribution in [2.45, 2.75) is 19.8 Å². The van der Waals surface area contributed by atoms with Crippen molar-refractivity contribution in [1.82, 2.24) is 15.2 Å². The van der Waals surface area contributed by atoms with Crippen LogP contribution in [-0.2, 0) is 11.2 Å². The molecule has 0 bridgehead atoms. The summed E-state index contributed by atoms with van der Waals surface area (Å²) in [5.41, 5.74) is 4.05. The fraction of sp³-hybridized carbons (Fsp3) is 0.200. The number of aryl methyl sites for hydroxylation is 1. The smallest absolute Gasteiger partial charge is 0.251 e. The topological polar surface area (TPSA) is 83.0 Å². The number of para-hydroxylation sites is 1. The van der Waals surface area contributed by atoms with E-state index < -0.39 is 0 Å². The summed E-state index contributed by atoms with van der Waals surface area (Å²) >= 11 is 0. The minimum Gasteiger partial charge on any atom is -0.339 e. The van der Waals surface area contributed by atoms with Crippen molar-refractivity contribution < 1.29 is 4.79 Å². The highest BCUT2D eigenvalue weighted by atomic mass is 16.1. The van der Waals surface area contributed by atoms with E-state index in [1.807, 2.05) is 30.3 Å². The van der Waals surface area contributed by atoms with Gasteiger partial charge in [0.15, 0.2) is 5.82 Å². The Morgan fingerprint density at radius 1 is 1.07 bits per heavy atom. The molecule has 7 nitrogen and oxygen atoms in total. The number of amides is 1. The fourth-order valence-electron chi connectivity index (χ4n) is 3.20. The molecule has 0 aliphatic carbocycles. The van der Waals surface area contributed by atoms with Gasteiger partial charge in [0.2, 0.25) is 5.91 Å². The van der Waals surface area contributed by atoms with Crippen LogP contribution in [0.4, 0.5) is 28.8 Å². The van der Waals surface area contributed by atoms with Crippen molar-refractivity contribution >= 4 is 34.7 Å². The lowest BCUT2D eigenvalue weighted by Gasteiger charge is -2.29. The number of hydrogen-bond donors (Lipinski definition) is 2. The van der Waals surface area contributed by atoms with E-state index in [0.29, 0.717) is 11.8 Å². The van der Waals surface area contributed by atoms with Crippen molar-refractivity contribution in [3.63, 3.8) is 0 Å². The first kappa shape index (κ1) is 17.0. The standard InChI is InChI=1S/C20H20N6O/c1-14(27)22-16-8-10-17(11-9-16)23-19-13-21-25-20(24-19)26-12-4-6-15-5-2-3-7-18(15)26/h2-3,5,7-11,13H,4,6,12H2,1H3,(H,22,27)(H,23,24,25). The third-order valence-electron chi connectivity index (χ3n) is 4.38. The molecular formula is C20H20N6O. The van der Waals surface area contributed by atoms with Crippen LogP contribution in [0.3, 0.4) is 0 Å². The van der Waals surface area contributed by atoms with Gasteiger partial charge in [-0.15, -0.1) is 5.10 Å². The molecule has 0 radical (unpaired) electrons. The van der Waals surface area contributed by atoms with Crippen molar-refractivity contribution in [2.24, 2.45) is 0 Å². The van der Waals surface area contributed by atoms with Crippen LogP contribution in [0.1, 0.15) is 18.9 Å². The molecule has 2 N–H and O–H groups in total. The Balaban J connectivity index is 1.54. The summed E-state index contributed by atoms with van der Waals surface area (Å²) in [5.74, 6) is 1.11. The lowest BCUT2D eigenvalue weighted by atomic mass is 10.0. The highest BCUT2D eigenvalue weighted by Crippen LogP contribution is 2.31. The molecule has 1 amide bonds. The van der Waals surface area contributed by atoms with Crippen molar-refractivity contribution in [3.8, 4) is 0 Å². The van der Waals surface area contributed by atoms with Gasteiger partial charge in [0.1, 0.15) is 0 Å². The number of benzene rings is 2. The van der Waals surface area contributed by atoms with E-state index in [4.69, 9.17) is 0 Å². The summed E-state index contributed by atoms with van der Waals surface area (Å²) in [5, 5.41) is 14.3. The van der Waals surface area contributed by atoms with Gasteiger partial charge < -0.3 is 15.5 Å². The Morgan fingerprint density at radius 3 is 2.67 bits per heavy atom. The third-order valence-corrected chi connectivity index (χ3v) is 4.38. The third kappa shape index (κ3) is 3.87. The maximum Gasteiger partial charge on any atom is 0.251 e.